The zero-order valence-electron chi connectivity index (χ0n) is 9.31. The van der Waals surface area contributed by atoms with E-state index in [1.54, 1.807) is 12.1 Å². The molecule has 0 fully saturated rings. The molecule has 2 aromatic heterocycles. The summed E-state index contributed by atoms with van der Waals surface area (Å²) in [5, 5.41) is 2.41. The number of fused-ring (bicyclic) bond motifs is 1. The maximum Gasteiger partial charge on any atom is 0.267 e. The van der Waals surface area contributed by atoms with Crippen LogP contribution in [0.2, 0.25) is 0 Å². The van der Waals surface area contributed by atoms with Gasteiger partial charge in [0.15, 0.2) is 4.77 Å². The third kappa shape index (κ3) is 2.15. The molecule has 7 heteroatoms. The Morgan fingerprint density at radius 2 is 2.16 bits per heavy atom. The number of benzene rings is 1. The Kier molecular flexibility index (Phi) is 3.27. The standard InChI is InChI=1S/C12H6FIN2OS2/c13-6-1-2-9(8(14)5-6)16-11(17)7-3-4-19-10(7)15-12(16)18/h1-5H,(H,15,18). The molecule has 0 atom stereocenters. The number of aromatic nitrogens is 2. The maximum absolute atomic E-state index is 13.1. The lowest BCUT2D eigenvalue weighted by molar-refractivity contribution is 0.626. The van der Waals surface area contributed by atoms with Crippen molar-refractivity contribution in [2.45, 2.75) is 0 Å². The van der Waals surface area contributed by atoms with Crippen LogP contribution in [-0.2, 0) is 0 Å². The van der Waals surface area contributed by atoms with E-state index in [9.17, 15) is 9.18 Å². The fourth-order valence-corrected chi connectivity index (χ4v) is 3.67. The molecule has 1 aromatic carbocycles. The number of rotatable bonds is 1. The molecule has 0 saturated heterocycles. The van der Waals surface area contributed by atoms with Gasteiger partial charge in [0.05, 0.1) is 11.1 Å². The zero-order valence-corrected chi connectivity index (χ0v) is 13.1. The first kappa shape index (κ1) is 12.9. The van der Waals surface area contributed by atoms with Gasteiger partial charge >= 0.3 is 0 Å². The van der Waals surface area contributed by atoms with E-state index in [2.05, 4.69) is 4.98 Å². The summed E-state index contributed by atoms with van der Waals surface area (Å²) in [5.74, 6) is -0.340. The minimum absolute atomic E-state index is 0.190. The summed E-state index contributed by atoms with van der Waals surface area (Å²) in [6.07, 6.45) is 0. The lowest BCUT2D eigenvalue weighted by atomic mass is 10.3. The summed E-state index contributed by atoms with van der Waals surface area (Å²) in [6, 6.07) is 5.99. The van der Waals surface area contributed by atoms with E-state index in [1.165, 1.54) is 28.0 Å². The van der Waals surface area contributed by atoms with E-state index in [4.69, 9.17) is 12.2 Å². The molecule has 2 heterocycles. The minimum Gasteiger partial charge on any atom is -0.323 e. The number of nitrogens with zero attached hydrogens (tertiary/aromatic N) is 1. The Bertz CT molecular complexity index is 897. The van der Waals surface area contributed by atoms with Crippen molar-refractivity contribution in [3.63, 3.8) is 0 Å². The first-order chi connectivity index (χ1) is 9.08. The number of H-pyrrole nitrogens is 1. The highest BCUT2D eigenvalue weighted by Crippen LogP contribution is 2.20. The number of hydrogen-bond acceptors (Lipinski definition) is 3. The van der Waals surface area contributed by atoms with Crippen LogP contribution in [0, 0.1) is 14.2 Å². The molecule has 0 amide bonds. The van der Waals surface area contributed by atoms with Crippen LogP contribution in [0.25, 0.3) is 15.9 Å². The van der Waals surface area contributed by atoms with Gasteiger partial charge in [-0.25, -0.2) is 4.39 Å². The monoisotopic (exact) mass is 404 g/mol. The van der Waals surface area contributed by atoms with Crippen molar-refractivity contribution in [3.8, 4) is 5.69 Å². The number of thiophene rings is 1. The molecule has 3 nitrogen and oxygen atoms in total. The number of halogens is 2. The quantitative estimate of drug-likeness (QED) is 0.494. The molecule has 0 bridgehead atoms. The van der Waals surface area contributed by atoms with Gasteiger partial charge in [-0.15, -0.1) is 11.3 Å². The number of aromatic amines is 1. The SMILES string of the molecule is O=c1c2ccsc2[nH]c(=S)n1-c1ccc(F)cc1I. The summed E-state index contributed by atoms with van der Waals surface area (Å²) in [5.41, 5.74) is 0.394. The van der Waals surface area contributed by atoms with E-state index in [0.717, 1.165) is 4.83 Å². The number of nitrogens with one attached hydrogen (secondary N) is 1. The van der Waals surface area contributed by atoms with Crippen molar-refractivity contribution in [1.29, 1.82) is 0 Å². The van der Waals surface area contributed by atoms with Gasteiger partial charge in [-0.3, -0.25) is 9.36 Å². The summed E-state index contributed by atoms with van der Waals surface area (Å²) < 4.78 is 15.5. The van der Waals surface area contributed by atoms with Gasteiger partial charge < -0.3 is 4.98 Å². The van der Waals surface area contributed by atoms with Crippen molar-refractivity contribution in [3.05, 3.63) is 54.2 Å². The number of hydrogen-bond donors (Lipinski definition) is 1. The second-order valence-corrected chi connectivity index (χ2v) is 6.29. The third-order valence-electron chi connectivity index (χ3n) is 2.67. The molecule has 0 aliphatic carbocycles. The Morgan fingerprint density at radius 1 is 1.37 bits per heavy atom. The molecule has 1 N–H and O–H groups in total. The lowest BCUT2D eigenvalue weighted by Gasteiger charge is -2.08. The largest absolute Gasteiger partial charge is 0.323 e. The zero-order chi connectivity index (χ0) is 13.6. The summed E-state index contributed by atoms with van der Waals surface area (Å²) >= 11 is 8.64. The van der Waals surface area contributed by atoms with Crippen LogP contribution < -0.4 is 5.56 Å². The van der Waals surface area contributed by atoms with Gasteiger partial charge in [0.1, 0.15) is 10.6 Å². The molecule has 0 aliphatic heterocycles. The highest BCUT2D eigenvalue weighted by Gasteiger charge is 2.11. The van der Waals surface area contributed by atoms with E-state index >= 15 is 0 Å². The predicted octanol–water partition coefficient (Wildman–Crippen LogP) is 3.85. The molecule has 0 unspecified atom stereocenters. The van der Waals surface area contributed by atoms with Crippen molar-refractivity contribution in [2.24, 2.45) is 0 Å². The molecule has 3 aromatic rings. The Balaban J connectivity index is 2.42. The Hall–Kier alpha value is -1.06. The van der Waals surface area contributed by atoms with E-state index in [0.29, 0.717) is 19.4 Å². The van der Waals surface area contributed by atoms with Crippen LogP contribution in [0.5, 0.6) is 0 Å². The Morgan fingerprint density at radius 3 is 2.89 bits per heavy atom. The fourth-order valence-electron chi connectivity index (χ4n) is 1.82. The highest BCUT2D eigenvalue weighted by atomic mass is 127. The average molecular weight is 404 g/mol. The molecular formula is C12H6FIN2OS2. The van der Waals surface area contributed by atoms with Gasteiger partial charge in [0.2, 0.25) is 0 Å². The van der Waals surface area contributed by atoms with Crippen molar-refractivity contribution in [1.82, 2.24) is 9.55 Å². The van der Waals surface area contributed by atoms with Gasteiger partial charge in [-0.2, -0.15) is 0 Å². The van der Waals surface area contributed by atoms with Gasteiger partial charge in [0.25, 0.3) is 5.56 Å². The summed E-state index contributed by atoms with van der Waals surface area (Å²) in [6.45, 7) is 0. The molecule has 0 spiro atoms. The van der Waals surface area contributed by atoms with E-state index in [1.807, 2.05) is 28.0 Å². The molecule has 19 heavy (non-hydrogen) atoms. The van der Waals surface area contributed by atoms with Gasteiger partial charge in [-0.05, 0) is 64.5 Å². The topological polar surface area (TPSA) is 37.8 Å². The molecule has 3 rings (SSSR count). The first-order valence-electron chi connectivity index (χ1n) is 5.26. The molecule has 0 saturated carbocycles. The van der Waals surface area contributed by atoms with Crippen LogP contribution in [0.3, 0.4) is 0 Å². The maximum atomic E-state index is 13.1. The third-order valence-corrected chi connectivity index (χ3v) is 4.65. The van der Waals surface area contributed by atoms with Gasteiger partial charge in [0, 0.05) is 3.57 Å². The Labute approximate surface area is 129 Å². The smallest absolute Gasteiger partial charge is 0.267 e. The fraction of sp³-hybridized carbons (Fsp3) is 0. The van der Waals surface area contributed by atoms with Crippen molar-refractivity contribution < 1.29 is 4.39 Å². The summed E-state index contributed by atoms with van der Waals surface area (Å²) in [4.78, 5) is 16.2. The van der Waals surface area contributed by atoms with Crippen LogP contribution in [0.4, 0.5) is 4.39 Å². The molecule has 96 valence electrons. The second kappa shape index (κ2) is 4.80. The molecule has 0 radical (unpaired) electrons. The van der Waals surface area contributed by atoms with E-state index in [-0.39, 0.29) is 11.4 Å². The second-order valence-electron chi connectivity index (χ2n) is 3.83. The summed E-state index contributed by atoms with van der Waals surface area (Å²) in [7, 11) is 0. The van der Waals surface area contributed by atoms with Crippen LogP contribution >= 0.6 is 46.1 Å². The highest BCUT2D eigenvalue weighted by molar-refractivity contribution is 14.1. The van der Waals surface area contributed by atoms with Crippen LogP contribution in [-0.4, -0.2) is 9.55 Å². The van der Waals surface area contributed by atoms with Crippen LogP contribution in [0.1, 0.15) is 0 Å². The molecule has 0 aliphatic rings. The predicted molar refractivity (Wildman–Crippen MR) is 85.3 cm³/mol. The van der Waals surface area contributed by atoms with Gasteiger partial charge in [-0.1, -0.05) is 0 Å². The first-order valence-corrected chi connectivity index (χ1v) is 7.62. The lowest BCUT2D eigenvalue weighted by Crippen LogP contribution is -2.20. The van der Waals surface area contributed by atoms with E-state index < -0.39 is 0 Å². The minimum atomic E-state index is -0.340. The normalized spacial score (nSPS) is 11.1. The van der Waals surface area contributed by atoms with Crippen LogP contribution in [0.15, 0.2) is 34.4 Å². The molecular weight excluding hydrogens is 398 g/mol. The average Bonchev–Trinajstić information content (AvgIpc) is 2.80. The van der Waals surface area contributed by atoms with Crippen molar-refractivity contribution >= 4 is 56.4 Å². The van der Waals surface area contributed by atoms with Crippen molar-refractivity contribution in [2.75, 3.05) is 0 Å².